The fraction of sp³-hybridized carbons (Fsp3) is 0.458. The van der Waals surface area contributed by atoms with E-state index in [1.807, 2.05) is 58.9 Å². The molecule has 1 saturated heterocycles. The predicted octanol–water partition coefficient (Wildman–Crippen LogP) is 5.29. The lowest BCUT2D eigenvalue weighted by atomic mass is 10.0. The van der Waals surface area contributed by atoms with Crippen LogP contribution in [0.2, 0.25) is 5.02 Å². The number of aromatic nitrogens is 1. The molecule has 2 amide bonds. The summed E-state index contributed by atoms with van der Waals surface area (Å²) in [5, 5.41) is 3.30. The first-order valence-electron chi connectivity index (χ1n) is 10.6. The Bertz CT molecular complexity index is 953. The summed E-state index contributed by atoms with van der Waals surface area (Å²) in [7, 11) is 0. The Labute approximate surface area is 194 Å². The zero-order valence-electron chi connectivity index (χ0n) is 19.1. The number of rotatable bonds is 5. The van der Waals surface area contributed by atoms with Crippen molar-refractivity contribution in [3.8, 4) is 0 Å². The number of hydrogen-bond donors (Lipinski definition) is 1. The van der Waals surface area contributed by atoms with Crippen molar-refractivity contribution >= 4 is 29.3 Å². The number of aryl methyl sites for hydroxylation is 1. The highest BCUT2D eigenvalue weighted by atomic mass is 35.5. The minimum atomic E-state index is -0.711. The molecule has 2 heterocycles. The Morgan fingerprint density at radius 3 is 2.50 bits per heavy atom. The highest BCUT2D eigenvalue weighted by molar-refractivity contribution is 6.30. The zero-order valence-corrected chi connectivity index (χ0v) is 19.9. The smallest absolute Gasteiger partial charge is 0.412 e. The van der Waals surface area contributed by atoms with Gasteiger partial charge < -0.3 is 14.8 Å². The van der Waals surface area contributed by atoms with Crippen molar-refractivity contribution in [3.05, 3.63) is 58.9 Å². The quantitative estimate of drug-likeness (QED) is 0.656. The van der Waals surface area contributed by atoms with Gasteiger partial charge >= 0.3 is 6.09 Å². The Hall–Kier alpha value is -2.64. The third kappa shape index (κ3) is 6.20. The van der Waals surface area contributed by atoms with Crippen molar-refractivity contribution in [2.45, 2.75) is 64.8 Å². The van der Waals surface area contributed by atoms with Gasteiger partial charge in [-0.1, -0.05) is 23.7 Å². The van der Waals surface area contributed by atoms with Gasteiger partial charge in [-0.2, -0.15) is 0 Å². The molecular formula is C24H30ClN3O4. The van der Waals surface area contributed by atoms with Gasteiger partial charge in [0.05, 0.1) is 17.7 Å². The van der Waals surface area contributed by atoms with Crippen molar-refractivity contribution in [3.63, 3.8) is 0 Å². The second-order valence-corrected chi connectivity index (χ2v) is 9.75. The number of carbonyl (C=O) groups is 2. The third-order valence-electron chi connectivity index (χ3n) is 5.10. The SMILES string of the molecule is CC(C)(C)OC(=O)N1[C@@H](CCc2ccc(NC(=O)c3ccc(Cl)cn3)cc2)COC1(C)C. The van der Waals surface area contributed by atoms with Gasteiger partial charge in [0.2, 0.25) is 0 Å². The lowest BCUT2D eigenvalue weighted by Crippen LogP contribution is -2.49. The van der Waals surface area contributed by atoms with Crippen LogP contribution in [0.1, 0.15) is 57.1 Å². The second kappa shape index (κ2) is 9.46. The van der Waals surface area contributed by atoms with Gasteiger partial charge in [0, 0.05) is 11.9 Å². The largest absolute Gasteiger partial charge is 0.444 e. The highest BCUT2D eigenvalue weighted by Gasteiger charge is 2.45. The summed E-state index contributed by atoms with van der Waals surface area (Å²) in [5.74, 6) is -0.298. The van der Waals surface area contributed by atoms with E-state index in [-0.39, 0.29) is 18.0 Å². The van der Waals surface area contributed by atoms with Gasteiger partial charge in [-0.3, -0.25) is 9.69 Å². The number of amides is 2. The van der Waals surface area contributed by atoms with Crippen LogP contribution in [0, 0.1) is 0 Å². The molecule has 0 aliphatic carbocycles. The fourth-order valence-electron chi connectivity index (χ4n) is 3.57. The average Bonchev–Trinajstić information content (AvgIpc) is 3.01. The van der Waals surface area contributed by atoms with Crippen molar-refractivity contribution in [2.75, 3.05) is 11.9 Å². The molecule has 1 aliphatic rings. The minimum absolute atomic E-state index is 0.0739. The van der Waals surface area contributed by atoms with Gasteiger partial charge in [-0.25, -0.2) is 9.78 Å². The first-order valence-corrected chi connectivity index (χ1v) is 11.0. The Morgan fingerprint density at radius 1 is 1.22 bits per heavy atom. The van der Waals surface area contributed by atoms with E-state index in [1.54, 1.807) is 17.0 Å². The molecule has 1 N–H and O–H groups in total. The van der Waals surface area contributed by atoms with Crippen LogP contribution in [0.3, 0.4) is 0 Å². The molecule has 172 valence electrons. The van der Waals surface area contributed by atoms with Crippen LogP contribution >= 0.6 is 11.6 Å². The van der Waals surface area contributed by atoms with E-state index in [0.717, 1.165) is 18.4 Å². The average molecular weight is 460 g/mol. The summed E-state index contributed by atoms with van der Waals surface area (Å²) in [4.78, 5) is 30.8. The maximum absolute atomic E-state index is 12.8. The van der Waals surface area contributed by atoms with Gasteiger partial charge in [0.15, 0.2) is 0 Å². The van der Waals surface area contributed by atoms with Crippen LogP contribution in [0.4, 0.5) is 10.5 Å². The van der Waals surface area contributed by atoms with Gasteiger partial charge in [-0.15, -0.1) is 0 Å². The number of ether oxygens (including phenoxy) is 2. The molecule has 0 radical (unpaired) electrons. The third-order valence-corrected chi connectivity index (χ3v) is 5.33. The molecule has 1 aliphatic heterocycles. The van der Waals surface area contributed by atoms with Crippen LogP contribution in [-0.4, -0.2) is 45.9 Å². The topological polar surface area (TPSA) is 80.8 Å². The van der Waals surface area contributed by atoms with Gasteiger partial charge in [-0.05, 0) is 77.3 Å². The van der Waals surface area contributed by atoms with Crippen molar-refractivity contribution in [2.24, 2.45) is 0 Å². The normalized spacial score (nSPS) is 17.8. The zero-order chi connectivity index (χ0) is 23.5. The summed E-state index contributed by atoms with van der Waals surface area (Å²) in [6.07, 6.45) is 2.58. The molecule has 1 aromatic heterocycles. The van der Waals surface area contributed by atoms with Gasteiger partial charge in [0.25, 0.3) is 5.91 Å². The number of pyridine rings is 1. The van der Waals surface area contributed by atoms with E-state index in [4.69, 9.17) is 21.1 Å². The molecular weight excluding hydrogens is 430 g/mol. The fourth-order valence-corrected chi connectivity index (χ4v) is 3.68. The molecule has 1 aromatic carbocycles. The van der Waals surface area contributed by atoms with Crippen LogP contribution < -0.4 is 5.32 Å². The second-order valence-electron chi connectivity index (χ2n) is 9.31. The Balaban J connectivity index is 1.58. The summed E-state index contributed by atoms with van der Waals surface area (Å²) < 4.78 is 11.5. The van der Waals surface area contributed by atoms with Crippen molar-refractivity contribution in [1.82, 2.24) is 9.88 Å². The number of nitrogens with one attached hydrogen (secondary N) is 1. The number of carbonyl (C=O) groups excluding carboxylic acids is 2. The number of nitrogens with zero attached hydrogens (tertiary/aromatic N) is 2. The van der Waals surface area contributed by atoms with E-state index in [2.05, 4.69) is 10.3 Å². The molecule has 1 fully saturated rings. The highest BCUT2D eigenvalue weighted by Crippen LogP contribution is 2.31. The summed E-state index contributed by atoms with van der Waals surface area (Å²) in [6, 6.07) is 10.8. The van der Waals surface area contributed by atoms with Crippen LogP contribution in [0.15, 0.2) is 42.6 Å². The molecule has 32 heavy (non-hydrogen) atoms. The predicted molar refractivity (Wildman–Crippen MR) is 124 cm³/mol. The van der Waals surface area contributed by atoms with E-state index in [0.29, 0.717) is 23.0 Å². The summed E-state index contributed by atoms with van der Waals surface area (Å²) in [5.41, 5.74) is 0.793. The monoisotopic (exact) mass is 459 g/mol. The molecule has 0 bridgehead atoms. The number of anilines is 1. The molecule has 2 aromatic rings. The molecule has 0 saturated carbocycles. The molecule has 8 heteroatoms. The Kier molecular flexibility index (Phi) is 7.10. The van der Waals surface area contributed by atoms with Crippen LogP contribution in [-0.2, 0) is 15.9 Å². The van der Waals surface area contributed by atoms with Crippen LogP contribution in [0.25, 0.3) is 0 Å². The van der Waals surface area contributed by atoms with E-state index < -0.39 is 11.3 Å². The number of halogens is 1. The van der Waals surface area contributed by atoms with Crippen molar-refractivity contribution < 1.29 is 19.1 Å². The van der Waals surface area contributed by atoms with E-state index in [1.165, 1.54) is 6.20 Å². The standard InChI is InChI=1S/C24H30ClN3O4/c1-23(2,3)32-22(30)28-19(15-31-24(28,4)5)12-8-16-6-10-18(11-7-16)27-21(29)20-13-9-17(25)14-26-20/h6-7,9-11,13-14,19H,8,12,15H2,1-5H3,(H,27,29)/t19-/m0/s1. The summed E-state index contributed by atoms with van der Waals surface area (Å²) in [6.45, 7) is 9.79. The van der Waals surface area contributed by atoms with E-state index in [9.17, 15) is 9.59 Å². The maximum atomic E-state index is 12.8. The first-order chi connectivity index (χ1) is 14.9. The lowest BCUT2D eigenvalue weighted by Gasteiger charge is -2.35. The molecule has 1 atom stereocenters. The van der Waals surface area contributed by atoms with E-state index >= 15 is 0 Å². The maximum Gasteiger partial charge on any atom is 0.412 e. The molecule has 0 spiro atoms. The molecule has 7 nitrogen and oxygen atoms in total. The first kappa shape index (κ1) is 24.0. The number of benzene rings is 1. The number of hydrogen-bond acceptors (Lipinski definition) is 5. The molecule has 0 unspecified atom stereocenters. The summed E-state index contributed by atoms with van der Waals surface area (Å²) >= 11 is 5.81. The molecule has 3 rings (SSSR count). The van der Waals surface area contributed by atoms with Gasteiger partial charge in [0.1, 0.15) is 17.0 Å². The minimum Gasteiger partial charge on any atom is -0.444 e. The van der Waals surface area contributed by atoms with Crippen molar-refractivity contribution in [1.29, 1.82) is 0 Å². The van der Waals surface area contributed by atoms with Crippen LogP contribution in [0.5, 0.6) is 0 Å². The Morgan fingerprint density at radius 2 is 1.91 bits per heavy atom. The lowest BCUT2D eigenvalue weighted by molar-refractivity contribution is -0.0626.